The fourth-order valence-electron chi connectivity index (χ4n) is 4.84. The van der Waals surface area contributed by atoms with Crippen molar-refractivity contribution in [1.29, 1.82) is 0 Å². The molecule has 0 saturated heterocycles. The standard InChI is InChI=1S/C26H36OSi/c1-3-4-7-16-26(22-21-23-14-12-13-15-23)28(27-2,24-17-8-5-9-18-24)25-19-10-6-11-20-25/h5-6,8-11,17-23,26H,3-4,7,12-16H2,1-2H3/b22-21+. The summed E-state index contributed by atoms with van der Waals surface area (Å²) in [7, 11) is -0.413. The smallest absolute Gasteiger partial charge is 0.262 e. The number of benzene rings is 2. The summed E-state index contributed by atoms with van der Waals surface area (Å²) in [6, 6.07) is 22.1. The zero-order valence-electron chi connectivity index (χ0n) is 17.6. The molecule has 2 aromatic carbocycles. The van der Waals surface area contributed by atoms with Crippen molar-refractivity contribution < 1.29 is 4.43 Å². The van der Waals surface area contributed by atoms with E-state index in [2.05, 4.69) is 79.7 Å². The lowest BCUT2D eigenvalue weighted by atomic mass is 10.1. The minimum absolute atomic E-state index is 0.467. The first-order valence-corrected chi connectivity index (χ1v) is 13.1. The summed E-state index contributed by atoms with van der Waals surface area (Å²) in [4.78, 5) is 0. The van der Waals surface area contributed by atoms with Gasteiger partial charge in [0.05, 0.1) is 0 Å². The fourth-order valence-corrected chi connectivity index (χ4v) is 9.18. The van der Waals surface area contributed by atoms with E-state index in [0.29, 0.717) is 5.54 Å². The zero-order chi connectivity index (χ0) is 19.7. The number of rotatable bonds is 10. The van der Waals surface area contributed by atoms with Crippen LogP contribution in [0.15, 0.2) is 72.8 Å². The third-order valence-corrected chi connectivity index (χ3v) is 10.9. The highest BCUT2D eigenvalue weighted by Crippen LogP contribution is 2.33. The van der Waals surface area contributed by atoms with Gasteiger partial charge in [-0.2, -0.15) is 0 Å². The Morgan fingerprint density at radius 3 is 2.00 bits per heavy atom. The lowest BCUT2D eigenvalue weighted by Gasteiger charge is -2.37. The zero-order valence-corrected chi connectivity index (χ0v) is 18.6. The van der Waals surface area contributed by atoms with Crippen LogP contribution in [0, 0.1) is 5.92 Å². The van der Waals surface area contributed by atoms with Crippen molar-refractivity contribution in [3.8, 4) is 0 Å². The van der Waals surface area contributed by atoms with Crippen molar-refractivity contribution in [1.82, 2.24) is 0 Å². The summed E-state index contributed by atoms with van der Waals surface area (Å²) < 4.78 is 6.61. The van der Waals surface area contributed by atoms with Gasteiger partial charge in [-0.25, -0.2) is 0 Å². The molecule has 1 unspecified atom stereocenters. The van der Waals surface area contributed by atoms with E-state index in [1.807, 2.05) is 7.11 Å². The maximum Gasteiger partial charge on any atom is 0.262 e. The summed E-state index contributed by atoms with van der Waals surface area (Å²) >= 11 is 0. The van der Waals surface area contributed by atoms with Crippen molar-refractivity contribution in [2.75, 3.05) is 7.11 Å². The Morgan fingerprint density at radius 1 is 0.929 bits per heavy atom. The highest BCUT2D eigenvalue weighted by atomic mass is 28.4. The molecule has 0 N–H and O–H groups in total. The Kier molecular flexibility index (Phi) is 8.11. The molecule has 2 heteroatoms. The van der Waals surface area contributed by atoms with Crippen LogP contribution in [0.4, 0.5) is 0 Å². The lowest BCUT2D eigenvalue weighted by molar-refractivity contribution is 0.403. The van der Waals surface area contributed by atoms with Crippen LogP contribution in [0.3, 0.4) is 0 Å². The maximum atomic E-state index is 6.61. The van der Waals surface area contributed by atoms with Crippen LogP contribution in [-0.2, 0) is 4.43 Å². The van der Waals surface area contributed by atoms with E-state index in [-0.39, 0.29) is 0 Å². The SMILES string of the molecule is CCCCCC(/C=C/C1CCCC1)[Si](OC)(c1ccccc1)c1ccccc1. The van der Waals surface area contributed by atoms with E-state index < -0.39 is 8.32 Å². The van der Waals surface area contributed by atoms with Gasteiger partial charge in [-0.05, 0) is 35.6 Å². The van der Waals surface area contributed by atoms with Crippen LogP contribution in [-0.4, -0.2) is 15.4 Å². The van der Waals surface area contributed by atoms with Crippen molar-refractivity contribution in [2.45, 2.75) is 63.8 Å². The molecule has 1 fully saturated rings. The third-order valence-electron chi connectivity index (χ3n) is 6.38. The molecular weight excluding hydrogens is 356 g/mol. The van der Waals surface area contributed by atoms with Crippen LogP contribution in [0.1, 0.15) is 58.3 Å². The van der Waals surface area contributed by atoms with Crippen LogP contribution < -0.4 is 10.4 Å². The highest BCUT2D eigenvalue weighted by Gasteiger charge is 2.44. The minimum atomic E-state index is -2.36. The van der Waals surface area contributed by atoms with Crippen LogP contribution in [0.25, 0.3) is 0 Å². The van der Waals surface area contributed by atoms with Crippen molar-refractivity contribution >= 4 is 18.7 Å². The molecular formula is C26H36OSi. The number of hydrogen-bond donors (Lipinski definition) is 0. The molecule has 1 aliphatic carbocycles. The molecule has 1 nitrogen and oxygen atoms in total. The summed E-state index contributed by atoms with van der Waals surface area (Å²) in [5.74, 6) is 0.767. The molecule has 1 atom stereocenters. The second-order valence-corrected chi connectivity index (χ2v) is 12.0. The van der Waals surface area contributed by atoms with E-state index in [9.17, 15) is 0 Å². The largest absolute Gasteiger partial charge is 0.411 e. The molecule has 1 saturated carbocycles. The quantitative estimate of drug-likeness (QED) is 0.270. The van der Waals surface area contributed by atoms with Crippen molar-refractivity contribution in [2.24, 2.45) is 5.92 Å². The fraction of sp³-hybridized carbons (Fsp3) is 0.462. The van der Waals surface area contributed by atoms with Gasteiger partial charge in [0.2, 0.25) is 0 Å². The van der Waals surface area contributed by atoms with E-state index in [0.717, 1.165) is 5.92 Å². The Labute approximate surface area is 173 Å². The van der Waals surface area contributed by atoms with Crippen LogP contribution in [0.5, 0.6) is 0 Å². The van der Waals surface area contributed by atoms with E-state index in [4.69, 9.17) is 4.43 Å². The second kappa shape index (κ2) is 10.8. The van der Waals surface area contributed by atoms with E-state index in [1.165, 1.54) is 61.7 Å². The average Bonchev–Trinajstić information content (AvgIpc) is 3.28. The molecule has 3 rings (SSSR count). The third kappa shape index (κ3) is 4.85. The molecule has 28 heavy (non-hydrogen) atoms. The molecule has 0 heterocycles. The summed E-state index contributed by atoms with van der Waals surface area (Å²) in [6.07, 6.45) is 15.6. The highest BCUT2D eigenvalue weighted by molar-refractivity contribution is 6.98. The molecule has 1 aliphatic rings. The molecule has 0 aromatic heterocycles. The van der Waals surface area contributed by atoms with E-state index in [1.54, 1.807) is 0 Å². The van der Waals surface area contributed by atoms with Gasteiger partial charge in [0.1, 0.15) is 0 Å². The molecule has 0 spiro atoms. The minimum Gasteiger partial charge on any atom is -0.411 e. The van der Waals surface area contributed by atoms with Gasteiger partial charge in [-0.3, -0.25) is 0 Å². The first-order valence-electron chi connectivity index (χ1n) is 11.2. The van der Waals surface area contributed by atoms with Crippen LogP contribution in [0.2, 0.25) is 5.54 Å². The van der Waals surface area contributed by atoms with Gasteiger partial charge < -0.3 is 4.43 Å². The average molecular weight is 393 g/mol. The lowest BCUT2D eigenvalue weighted by Crippen LogP contribution is -2.63. The Morgan fingerprint density at radius 2 is 1.50 bits per heavy atom. The molecule has 0 aliphatic heterocycles. The van der Waals surface area contributed by atoms with Gasteiger partial charge in [-0.15, -0.1) is 0 Å². The molecule has 0 bridgehead atoms. The van der Waals surface area contributed by atoms with Crippen LogP contribution >= 0.6 is 0 Å². The van der Waals surface area contributed by atoms with Gasteiger partial charge in [0, 0.05) is 12.7 Å². The molecule has 150 valence electrons. The van der Waals surface area contributed by atoms with Gasteiger partial charge in [-0.1, -0.05) is 112 Å². The summed E-state index contributed by atoms with van der Waals surface area (Å²) in [6.45, 7) is 2.29. The Hall–Kier alpha value is -1.64. The normalized spacial score (nSPS) is 16.6. The van der Waals surface area contributed by atoms with Crippen molar-refractivity contribution in [3.63, 3.8) is 0 Å². The summed E-state index contributed by atoms with van der Waals surface area (Å²) in [5, 5.41) is 2.78. The van der Waals surface area contributed by atoms with Gasteiger partial charge in [0.25, 0.3) is 8.32 Å². The first kappa shape index (κ1) is 21.1. The van der Waals surface area contributed by atoms with Gasteiger partial charge >= 0.3 is 0 Å². The molecule has 2 aromatic rings. The second-order valence-electron chi connectivity index (χ2n) is 8.20. The number of allylic oxidation sites excluding steroid dienone is 2. The number of unbranched alkanes of at least 4 members (excludes halogenated alkanes) is 2. The molecule has 0 radical (unpaired) electrons. The predicted molar refractivity (Wildman–Crippen MR) is 124 cm³/mol. The molecule has 0 amide bonds. The number of hydrogen-bond acceptors (Lipinski definition) is 1. The van der Waals surface area contributed by atoms with Gasteiger partial charge in [0.15, 0.2) is 0 Å². The summed E-state index contributed by atoms with van der Waals surface area (Å²) in [5.41, 5.74) is 0.467. The topological polar surface area (TPSA) is 9.23 Å². The Balaban J connectivity index is 2.04. The van der Waals surface area contributed by atoms with E-state index >= 15 is 0 Å². The monoisotopic (exact) mass is 392 g/mol. The maximum absolute atomic E-state index is 6.61. The Bertz CT molecular complexity index is 664. The first-order chi connectivity index (χ1) is 13.8. The van der Waals surface area contributed by atoms with Crippen molar-refractivity contribution in [3.05, 3.63) is 72.8 Å². The predicted octanol–water partition coefficient (Wildman–Crippen LogP) is 6.09.